The van der Waals surface area contributed by atoms with E-state index >= 15 is 0 Å². The molecule has 0 radical (unpaired) electrons. The summed E-state index contributed by atoms with van der Waals surface area (Å²) in [5.74, 6) is 0.639. The van der Waals surface area contributed by atoms with Gasteiger partial charge in [-0.3, -0.25) is 0 Å². The number of nitrogens with one attached hydrogen (secondary N) is 2. The second-order valence-electron chi connectivity index (χ2n) is 6.26. The Labute approximate surface area is 137 Å². The van der Waals surface area contributed by atoms with Crippen LogP contribution in [0.5, 0.6) is 5.75 Å². The van der Waals surface area contributed by atoms with Crippen molar-refractivity contribution in [3.63, 3.8) is 0 Å². The normalized spacial score (nSPS) is 11.0. The fourth-order valence-electron chi connectivity index (χ4n) is 2.32. The molecule has 0 aromatic heterocycles. The van der Waals surface area contributed by atoms with Crippen molar-refractivity contribution in [3.05, 3.63) is 59.7 Å². The molecule has 2 amide bonds. The topological polar surface area (TPSA) is 50.4 Å². The van der Waals surface area contributed by atoms with E-state index in [0.29, 0.717) is 18.0 Å². The fraction of sp³-hybridized carbons (Fsp3) is 0.316. The number of hydrogen-bond acceptors (Lipinski definition) is 2. The molecular weight excluding hydrogens is 288 g/mol. The van der Waals surface area contributed by atoms with Gasteiger partial charge in [-0.25, -0.2) is 4.79 Å². The third-order valence-corrected chi connectivity index (χ3v) is 3.88. The lowest BCUT2D eigenvalue weighted by atomic mass is 9.84. The minimum atomic E-state index is -0.241. The third-order valence-electron chi connectivity index (χ3n) is 3.88. The van der Waals surface area contributed by atoms with Gasteiger partial charge in [0.1, 0.15) is 5.75 Å². The minimum absolute atomic E-state index is 0.147. The Balaban J connectivity index is 1.96. The van der Waals surface area contributed by atoms with Crippen LogP contribution in [0.1, 0.15) is 25.0 Å². The van der Waals surface area contributed by atoms with Gasteiger partial charge < -0.3 is 15.4 Å². The molecule has 2 aromatic rings. The molecule has 0 atom stereocenters. The highest BCUT2D eigenvalue weighted by atomic mass is 16.5. The lowest BCUT2D eigenvalue weighted by molar-refractivity contribution is 0.249. The van der Waals surface area contributed by atoms with Gasteiger partial charge >= 0.3 is 6.03 Å². The van der Waals surface area contributed by atoms with Crippen molar-refractivity contribution in [2.45, 2.75) is 26.2 Å². The molecule has 0 aliphatic carbocycles. The molecule has 4 heteroatoms. The number of aryl methyl sites for hydroxylation is 1. The lowest BCUT2D eigenvalue weighted by Crippen LogP contribution is -2.39. The van der Waals surface area contributed by atoms with Crippen molar-refractivity contribution < 1.29 is 9.53 Å². The molecule has 0 aliphatic rings. The Morgan fingerprint density at radius 2 is 1.74 bits per heavy atom. The number of ether oxygens (including phenoxy) is 1. The van der Waals surface area contributed by atoms with E-state index in [9.17, 15) is 4.79 Å². The van der Waals surface area contributed by atoms with E-state index in [4.69, 9.17) is 4.74 Å². The molecule has 122 valence electrons. The first-order valence-electron chi connectivity index (χ1n) is 7.67. The second-order valence-corrected chi connectivity index (χ2v) is 6.26. The van der Waals surface area contributed by atoms with Crippen LogP contribution in [0.4, 0.5) is 10.5 Å². The van der Waals surface area contributed by atoms with Crippen molar-refractivity contribution in [1.29, 1.82) is 0 Å². The Morgan fingerprint density at radius 3 is 2.39 bits per heavy atom. The van der Waals surface area contributed by atoms with Crippen LogP contribution in [-0.2, 0) is 5.41 Å². The maximum atomic E-state index is 12.1. The van der Waals surface area contributed by atoms with E-state index in [1.807, 2.05) is 24.3 Å². The number of amides is 2. The lowest BCUT2D eigenvalue weighted by Gasteiger charge is -2.26. The third kappa shape index (κ3) is 4.49. The van der Waals surface area contributed by atoms with E-state index in [1.54, 1.807) is 7.11 Å². The molecule has 0 bridgehead atoms. The zero-order chi connectivity index (χ0) is 16.9. The van der Waals surface area contributed by atoms with Crippen LogP contribution in [0.3, 0.4) is 0 Å². The number of hydrogen-bond donors (Lipinski definition) is 2. The summed E-state index contributed by atoms with van der Waals surface area (Å²) in [6.45, 7) is 6.83. The quantitative estimate of drug-likeness (QED) is 0.873. The van der Waals surface area contributed by atoms with Crippen LogP contribution < -0.4 is 15.4 Å². The number of anilines is 1. The molecule has 0 fully saturated rings. The van der Waals surface area contributed by atoms with Gasteiger partial charge in [0.25, 0.3) is 0 Å². The number of carbonyl (C=O) groups is 1. The number of carbonyl (C=O) groups excluding carboxylic acids is 1. The van der Waals surface area contributed by atoms with Gasteiger partial charge in [0, 0.05) is 12.0 Å². The smallest absolute Gasteiger partial charge is 0.319 e. The van der Waals surface area contributed by atoms with Crippen LogP contribution in [0, 0.1) is 6.92 Å². The van der Waals surface area contributed by atoms with Crippen molar-refractivity contribution in [2.24, 2.45) is 0 Å². The summed E-state index contributed by atoms with van der Waals surface area (Å²) >= 11 is 0. The first-order valence-corrected chi connectivity index (χ1v) is 7.67. The highest BCUT2D eigenvalue weighted by molar-refractivity contribution is 5.90. The number of para-hydroxylation sites is 2. The maximum absolute atomic E-state index is 12.1. The molecule has 0 saturated heterocycles. The highest BCUT2D eigenvalue weighted by Crippen LogP contribution is 2.24. The summed E-state index contributed by atoms with van der Waals surface area (Å²) in [6.07, 6.45) is 0. The molecule has 0 spiro atoms. The van der Waals surface area contributed by atoms with Crippen molar-refractivity contribution in [3.8, 4) is 5.75 Å². The van der Waals surface area contributed by atoms with E-state index < -0.39 is 0 Å². The Hall–Kier alpha value is -2.49. The van der Waals surface area contributed by atoms with Gasteiger partial charge in [-0.2, -0.15) is 0 Å². The average molecular weight is 312 g/mol. The molecule has 0 saturated carbocycles. The number of urea groups is 1. The van der Waals surface area contributed by atoms with Crippen molar-refractivity contribution in [1.82, 2.24) is 5.32 Å². The standard InChI is InChI=1S/C19H24N2O2/c1-14-9-11-15(12-10-14)19(2,3)13-20-18(22)21-16-7-5-6-8-17(16)23-4/h5-12H,13H2,1-4H3,(H2,20,21,22). The molecule has 0 aliphatic heterocycles. The minimum Gasteiger partial charge on any atom is -0.495 e. The molecule has 0 heterocycles. The molecule has 23 heavy (non-hydrogen) atoms. The molecule has 4 nitrogen and oxygen atoms in total. The maximum Gasteiger partial charge on any atom is 0.319 e. The van der Waals surface area contributed by atoms with Crippen molar-refractivity contribution >= 4 is 11.7 Å². The van der Waals surface area contributed by atoms with Gasteiger partial charge in [0.2, 0.25) is 0 Å². The summed E-state index contributed by atoms with van der Waals surface area (Å²) in [4.78, 5) is 12.1. The van der Waals surface area contributed by atoms with Crippen LogP contribution in [0.2, 0.25) is 0 Å². The summed E-state index contributed by atoms with van der Waals surface area (Å²) in [5.41, 5.74) is 2.93. The Bertz CT molecular complexity index is 663. The van der Waals surface area contributed by atoms with Gasteiger partial charge in [0.05, 0.1) is 12.8 Å². The zero-order valence-corrected chi connectivity index (χ0v) is 14.1. The summed E-state index contributed by atoms with van der Waals surface area (Å²) in [7, 11) is 1.58. The Morgan fingerprint density at radius 1 is 1.09 bits per heavy atom. The first kappa shape index (κ1) is 16.9. The van der Waals surface area contributed by atoms with Crippen LogP contribution >= 0.6 is 0 Å². The van der Waals surface area contributed by atoms with Gasteiger partial charge in [-0.1, -0.05) is 55.8 Å². The average Bonchev–Trinajstić information content (AvgIpc) is 2.54. The van der Waals surface area contributed by atoms with Crippen LogP contribution in [-0.4, -0.2) is 19.7 Å². The summed E-state index contributed by atoms with van der Waals surface area (Å²) < 4.78 is 5.23. The number of methoxy groups -OCH3 is 1. The molecule has 0 unspecified atom stereocenters. The first-order chi connectivity index (χ1) is 10.9. The van der Waals surface area contributed by atoms with Gasteiger partial charge in [-0.15, -0.1) is 0 Å². The van der Waals surface area contributed by atoms with E-state index in [2.05, 4.69) is 55.7 Å². The van der Waals surface area contributed by atoms with Gasteiger partial charge in [0.15, 0.2) is 0 Å². The van der Waals surface area contributed by atoms with E-state index in [0.717, 1.165) is 0 Å². The second kappa shape index (κ2) is 7.18. The largest absolute Gasteiger partial charge is 0.495 e. The van der Waals surface area contributed by atoms with Gasteiger partial charge in [-0.05, 0) is 24.6 Å². The fourth-order valence-corrected chi connectivity index (χ4v) is 2.32. The number of benzene rings is 2. The molecule has 2 N–H and O–H groups in total. The van der Waals surface area contributed by atoms with Crippen LogP contribution in [0.15, 0.2) is 48.5 Å². The predicted octanol–water partition coefficient (Wildman–Crippen LogP) is 4.10. The highest BCUT2D eigenvalue weighted by Gasteiger charge is 2.21. The SMILES string of the molecule is COc1ccccc1NC(=O)NCC(C)(C)c1ccc(C)cc1. The zero-order valence-electron chi connectivity index (χ0n) is 14.1. The van der Waals surface area contributed by atoms with E-state index in [1.165, 1.54) is 11.1 Å². The summed E-state index contributed by atoms with van der Waals surface area (Å²) in [5, 5.41) is 5.75. The number of rotatable bonds is 5. The molecular formula is C19H24N2O2. The molecule has 2 rings (SSSR count). The van der Waals surface area contributed by atoms with Crippen molar-refractivity contribution in [2.75, 3.05) is 19.0 Å². The van der Waals surface area contributed by atoms with Crippen LogP contribution in [0.25, 0.3) is 0 Å². The summed E-state index contributed by atoms with van der Waals surface area (Å²) in [6, 6.07) is 15.5. The molecule has 2 aromatic carbocycles. The Kier molecular flexibility index (Phi) is 5.27. The monoisotopic (exact) mass is 312 g/mol. The van der Waals surface area contributed by atoms with E-state index in [-0.39, 0.29) is 11.4 Å². The predicted molar refractivity (Wildman–Crippen MR) is 94.2 cm³/mol.